The molecule has 16 heavy (non-hydrogen) atoms. The van der Waals surface area contributed by atoms with Crippen molar-refractivity contribution in [3.05, 3.63) is 28.8 Å². The Morgan fingerprint density at radius 1 is 1.44 bits per heavy atom. The van der Waals surface area contributed by atoms with Crippen molar-refractivity contribution in [2.24, 2.45) is 0 Å². The van der Waals surface area contributed by atoms with Crippen LogP contribution in [0.2, 0.25) is 5.02 Å². The molecule has 0 radical (unpaired) electrons. The summed E-state index contributed by atoms with van der Waals surface area (Å²) in [5.41, 5.74) is 1.15. The number of benzene rings is 1. The van der Waals surface area contributed by atoms with E-state index in [9.17, 15) is 0 Å². The van der Waals surface area contributed by atoms with Crippen LogP contribution in [0.4, 0.5) is 0 Å². The summed E-state index contributed by atoms with van der Waals surface area (Å²) in [5, 5.41) is 13.0. The van der Waals surface area contributed by atoms with Gasteiger partial charge in [0.15, 0.2) is 0 Å². The molecule has 88 valence electrons. The molecule has 2 N–H and O–H groups in total. The fourth-order valence-electron chi connectivity index (χ4n) is 1.47. The van der Waals surface area contributed by atoms with Crippen molar-refractivity contribution in [3.8, 4) is 0 Å². The maximum absolute atomic E-state index is 8.74. The number of thioether (sulfide) groups is 1. The molecular weight excluding hydrogens is 242 g/mol. The highest BCUT2D eigenvalue weighted by atomic mass is 35.5. The third-order valence-electron chi connectivity index (χ3n) is 2.54. The predicted octanol–water partition coefficient (Wildman–Crippen LogP) is 2.68. The van der Waals surface area contributed by atoms with Gasteiger partial charge in [-0.15, -0.1) is 11.8 Å². The molecule has 1 aliphatic carbocycles. The molecule has 0 bridgehead atoms. The van der Waals surface area contributed by atoms with E-state index >= 15 is 0 Å². The van der Waals surface area contributed by atoms with Crippen LogP contribution in [0.15, 0.2) is 23.1 Å². The van der Waals surface area contributed by atoms with Gasteiger partial charge >= 0.3 is 0 Å². The first-order valence-electron chi connectivity index (χ1n) is 5.55. The van der Waals surface area contributed by atoms with Crippen molar-refractivity contribution in [1.82, 2.24) is 5.32 Å². The summed E-state index contributed by atoms with van der Waals surface area (Å²) in [6, 6.07) is 6.82. The Morgan fingerprint density at radius 2 is 2.25 bits per heavy atom. The minimum Gasteiger partial charge on any atom is -0.396 e. The molecule has 2 rings (SSSR count). The summed E-state index contributed by atoms with van der Waals surface area (Å²) in [7, 11) is 0. The average molecular weight is 258 g/mol. The zero-order valence-electron chi connectivity index (χ0n) is 9.08. The van der Waals surface area contributed by atoms with Gasteiger partial charge in [0.1, 0.15) is 0 Å². The molecule has 0 unspecified atom stereocenters. The fraction of sp³-hybridized carbons (Fsp3) is 0.500. The third kappa shape index (κ3) is 3.67. The minimum absolute atomic E-state index is 0.202. The van der Waals surface area contributed by atoms with Crippen LogP contribution in [0.1, 0.15) is 18.4 Å². The number of hydrogen-bond acceptors (Lipinski definition) is 3. The van der Waals surface area contributed by atoms with Gasteiger partial charge in [-0.1, -0.05) is 17.7 Å². The topological polar surface area (TPSA) is 32.3 Å². The zero-order chi connectivity index (χ0) is 11.4. The number of rotatable bonds is 6. The lowest BCUT2D eigenvalue weighted by atomic mass is 10.2. The first kappa shape index (κ1) is 12.2. The van der Waals surface area contributed by atoms with Crippen LogP contribution < -0.4 is 5.32 Å². The quantitative estimate of drug-likeness (QED) is 0.769. The molecule has 2 nitrogen and oxygen atoms in total. The second kappa shape index (κ2) is 5.92. The van der Waals surface area contributed by atoms with Crippen molar-refractivity contribution < 1.29 is 5.11 Å². The van der Waals surface area contributed by atoms with E-state index in [1.807, 2.05) is 6.07 Å². The lowest BCUT2D eigenvalue weighted by Gasteiger charge is -2.07. The van der Waals surface area contributed by atoms with Gasteiger partial charge in [0.2, 0.25) is 0 Å². The Bertz CT molecular complexity index is 355. The summed E-state index contributed by atoms with van der Waals surface area (Å²) < 4.78 is 0. The highest BCUT2D eigenvalue weighted by Crippen LogP contribution is 2.26. The Kier molecular flexibility index (Phi) is 4.53. The standard InChI is InChI=1S/C12H16ClNOS/c13-12-7-11(16-6-5-15)4-1-9(12)8-14-10-2-3-10/h1,4,7,10,14-15H,2-3,5-6,8H2. The SMILES string of the molecule is OCCSc1ccc(CNC2CC2)c(Cl)c1. The van der Waals surface area contributed by atoms with Gasteiger partial charge in [-0.05, 0) is 30.5 Å². The van der Waals surface area contributed by atoms with E-state index in [1.165, 1.54) is 12.8 Å². The van der Waals surface area contributed by atoms with Gasteiger partial charge in [0.25, 0.3) is 0 Å². The smallest absolute Gasteiger partial charge is 0.0525 e. The number of hydrogen-bond donors (Lipinski definition) is 2. The van der Waals surface area contributed by atoms with E-state index < -0.39 is 0 Å². The van der Waals surface area contributed by atoms with E-state index in [0.717, 1.165) is 27.8 Å². The van der Waals surface area contributed by atoms with E-state index in [0.29, 0.717) is 6.04 Å². The molecule has 1 aromatic carbocycles. The van der Waals surface area contributed by atoms with Crippen molar-refractivity contribution in [2.75, 3.05) is 12.4 Å². The first-order chi connectivity index (χ1) is 7.79. The van der Waals surface area contributed by atoms with Crippen molar-refractivity contribution in [1.29, 1.82) is 0 Å². The van der Waals surface area contributed by atoms with Crippen LogP contribution in [0.25, 0.3) is 0 Å². The molecule has 0 spiro atoms. The number of nitrogens with one attached hydrogen (secondary N) is 1. The van der Waals surface area contributed by atoms with Crippen molar-refractivity contribution in [3.63, 3.8) is 0 Å². The van der Waals surface area contributed by atoms with Crippen LogP contribution in [-0.2, 0) is 6.54 Å². The lowest BCUT2D eigenvalue weighted by Crippen LogP contribution is -2.15. The molecular formula is C12H16ClNOS. The van der Waals surface area contributed by atoms with Gasteiger partial charge in [0, 0.05) is 28.3 Å². The van der Waals surface area contributed by atoms with E-state index in [-0.39, 0.29) is 6.61 Å². The second-order valence-electron chi connectivity index (χ2n) is 3.98. The molecule has 0 heterocycles. The molecule has 1 aliphatic rings. The Hall–Kier alpha value is -0.220. The highest BCUT2D eigenvalue weighted by molar-refractivity contribution is 7.99. The maximum Gasteiger partial charge on any atom is 0.0525 e. The molecule has 4 heteroatoms. The maximum atomic E-state index is 8.74. The molecule has 1 fully saturated rings. The Labute approximate surface area is 105 Å². The molecule has 1 saturated carbocycles. The van der Waals surface area contributed by atoms with E-state index in [4.69, 9.17) is 16.7 Å². The third-order valence-corrected chi connectivity index (χ3v) is 3.87. The monoisotopic (exact) mass is 257 g/mol. The average Bonchev–Trinajstić information content (AvgIpc) is 3.09. The molecule has 0 saturated heterocycles. The summed E-state index contributed by atoms with van der Waals surface area (Å²) in [6.07, 6.45) is 2.59. The van der Waals surface area contributed by atoms with Gasteiger partial charge in [-0.3, -0.25) is 0 Å². The van der Waals surface area contributed by atoms with Crippen LogP contribution in [0, 0.1) is 0 Å². The van der Waals surface area contributed by atoms with Crippen LogP contribution in [-0.4, -0.2) is 23.5 Å². The largest absolute Gasteiger partial charge is 0.396 e. The normalized spacial score (nSPS) is 15.4. The second-order valence-corrected chi connectivity index (χ2v) is 5.56. The lowest BCUT2D eigenvalue weighted by molar-refractivity contribution is 0.322. The van der Waals surface area contributed by atoms with Crippen LogP contribution in [0.3, 0.4) is 0 Å². The summed E-state index contributed by atoms with van der Waals surface area (Å²) in [4.78, 5) is 1.12. The zero-order valence-corrected chi connectivity index (χ0v) is 10.7. The Balaban J connectivity index is 1.92. The number of halogens is 1. The fourth-order valence-corrected chi connectivity index (χ4v) is 2.47. The Morgan fingerprint density at radius 3 is 2.88 bits per heavy atom. The molecule has 1 aromatic rings. The number of aliphatic hydroxyl groups is 1. The molecule has 0 amide bonds. The van der Waals surface area contributed by atoms with Gasteiger partial charge in [-0.25, -0.2) is 0 Å². The van der Waals surface area contributed by atoms with Gasteiger partial charge in [-0.2, -0.15) is 0 Å². The minimum atomic E-state index is 0.202. The van der Waals surface area contributed by atoms with Crippen molar-refractivity contribution in [2.45, 2.75) is 30.3 Å². The van der Waals surface area contributed by atoms with E-state index in [1.54, 1.807) is 11.8 Å². The summed E-state index contributed by atoms with van der Waals surface area (Å²) in [5.74, 6) is 0.718. The number of aliphatic hydroxyl groups excluding tert-OH is 1. The summed E-state index contributed by atoms with van der Waals surface area (Å²) >= 11 is 7.82. The van der Waals surface area contributed by atoms with Gasteiger partial charge < -0.3 is 10.4 Å². The highest BCUT2D eigenvalue weighted by Gasteiger charge is 2.20. The van der Waals surface area contributed by atoms with Gasteiger partial charge in [0.05, 0.1) is 6.61 Å². The van der Waals surface area contributed by atoms with Crippen molar-refractivity contribution >= 4 is 23.4 Å². The molecule has 0 aliphatic heterocycles. The van der Waals surface area contributed by atoms with Crippen LogP contribution >= 0.6 is 23.4 Å². The molecule has 0 aromatic heterocycles. The van der Waals surface area contributed by atoms with Crippen LogP contribution in [0.5, 0.6) is 0 Å². The summed E-state index contributed by atoms with van der Waals surface area (Å²) in [6.45, 7) is 1.06. The molecule has 0 atom stereocenters. The first-order valence-corrected chi connectivity index (χ1v) is 6.91. The van der Waals surface area contributed by atoms with E-state index in [2.05, 4.69) is 17.4 Å². The predicted molar refractivity (Wildman–Crippen MR) is 69.1 cm³/mol.